The van der Waals surface area contributed by atoms with Crippen molar-refractivity contribution in [2.75, 3.05) is 6.54 Å². The topological polar surface area (TPSA) is 60.9 Å². The highest BCUT2D eigenvalue weighted by atomic mass is 16.1. The standard InChI is InChI=1S/C16H29N3O/c1-5-13-11-14(19(6-2)18-13)12-15(20)7-8-16(3,4)9-10-17/h11H,5-10,12,17H2,1-4H3. The van der Waals surface area contributed by atoms with Gasteiger partial charge in [0.05, 0.1) is 5.69 Å². The van der Waals surface area contributed by atoms with Crippen LogP contribution in [0.3, 0.4) is 0 Å². The Balaban J connectivity index is 2.56. The van der Waals surface area contributed by atoms with E-state index in [2.05, 4.69) is 38.9 Å². The van der Waals surface area contributed by atoms with Gasteiger partial charge >= 0.3 is 0 Å². The van der Waals surface area contributed by atoms with Crippen LogP contribution in [0.1, 0.15) is 58.3 Å². The van der Waals surface area contributed by atoms with Crippen molar-refractivity contribution in [3.05, 3.63) is 17.5 Å². The average molecular weight is 279 g/mol. The summed E-state index contributed by atoms with van der Waals surface area (Å²) in [4.78, 5) is 12.2. The quantitative estimate of drug-likeness (QED) is 0.756. The van der Waals surface area contributed by atoms with Crippen LogP contribution >= 0.6 is 0 Å². The summed E-state index contributed by atoms with van der Waals surface area (Å²) in [5, 5.41) is 4.49. The van der Waals surface area contributed by atoms with E-state index in [4.69, 9.17) is 5.73 Å². The molecule has 1 heterocycles. The Labute approximate surface area is 122 Å². The van der Waals surface area contributed by atoms with Gasteiger partial charge in [0, 0.05) is 25.1 Å². The molecule has 0 amide bonds. The molecule has 0 unspecified atom stereocenters. The summed E-state index contributed by atoms with van der Waals surface area (Å²) < 4.78 is 1.95. The number of ketones is 1. The lowest BCUT2D eigenvalue weighted by molar-refractivity contribution is -0.119. The van der Waals surface area contributed by atoms with Crippen LogP contribution in [0, 0.1) is 5.41 Å². The van der Waals surface area contributed by atoms with Gasteiger partial charge < -0.3 is 5.73 Å². The van der Waals surface area contributed by atoms with Crippen LogP contribution < -0.4 is 5.73 Å². The second-order valence-corrected chi connectivity index (χ2v) is 6.21. The molecule has 0 fully saturated rings. The minimum absolute atomic E-state index is 0.157. The predicted molar refractivity (Wildman–Crippen MR) is 82.7 cm³/mol. The Hall–Kier alpha value is -1.16. The molecular weight excluding hydrogens is 250 g/mol. The van der Waals surface area contributed by atoms with Crippen molar-refractivity contribution in [1.82, 2.24) is 9.78 Å². The molecule has 4 nitrogen and oxygen atoms in total. The van der Waals surface area contributed by atoms with Crippen molar-refractivity contribution in [3.8, 4) is 0 Å². The number of aryl methyl sites for hydroxylation is 2. The first-order valence-corrected chi connectivity index (χ1v) is 7.69. The fraction of sp³-hybridized carbons (Fsp3) is 0.750. The zero-order valence-corrected chi connectivity index (χ0v) is 13.4. The summed E-state index contributed by atoms with van der Waals surface area (Å²) in [7, 11) is 0. The van der Waals surface area contributed by atoms with E-state index < -0.39 is 0 Å². The highest BCUT2D eigenvalue weighted by molar-refractivity contribution is 5.80. The third kappa shape index (κ3) is 5.08. The third-order valence-electron chi connectivity index (χ3n) is 3.86. The molecule has 2 N–H and O–H groups in total. The lowest BCUT2D eigenvalue weighted by atomic mass is 9.83. The van der Waals surface area contributed by atoms with Crippen molar-refractivity contribution in [2.24, 2.45) is 11.1 Å². The normalized spacial score (nSPS) is 11.8. The Morgan fingerprint density at radius 3 is 2.60 bits per heavy atom. The van der Waals surface area contributed by atoms with E-state index in [1.807, 2.05) is 4.68 Å². The van der Waals surface area contributed by atoms with E-state index in [0.29, 0.717) is 25.2 Å². The Morgan fingerprint density at radius 2 is 2.05 bits per heavy atom. The average Bonchev–Trinajstić information content (AvgIpc) is 2.79. The summed E-state index contributed by atoms with van der Waals surface area (Å²) >= 11 is 0. The molecule has 0 aliphatic carbocycles. The number of carbonyl (C=O) groups is 1. The summed E-state index contributed by atoms with van der Waals surface area (Å²) in [5.74, 6) is 0.298. The molecule has 0 aromatic carbocycles. The van der Waals surface area contributed by atoms with Gasteiger partial charge in [0.2, 0.25) is 0 Å². The van der Waals surface area contributed by atoms with Gasteiger partial charge in [-0.15, -0.1) is 0 Å². The molecular formula is C16H29N3O. The number of aromatic nitrogens is 2. The molecule has 0 aliphatic heterocycles. The van der Waals surface area contributed by atoms with Crippen LogP contribution in [0.15, 0.2) is 6.07 Å². The SMILES string of the molecule is CCc1cc(CC(=O)CCC(C)(C)CCN)n(CC)n1. The van der Waals surface area contributed by atoms with Crippen molar-refractivity contribution in [3.63, 3.8) is 0 Å². The Kier molecular flexibility index (Phi) is 6.40. The van der Waals surface area contributed by atoms with Gasteiger partial charge in [0.25, 0.3) is 0 Å². The van der Waals surface area contributed by atoms with Crippen LogP contribution in [0.5, 0.6) is 0 Å². The molecule has 1 rings (SSSR count). The fourth-order valence-electron chi connectivity index (χ4n) is 2.39. The maximum Gasteiger partial charge on any atom is 0.138 e. The zero-order chi connectivity index (χ0) is 15.2. The number of hydrogen-bond donors (Lipinski definition) is 1. The monoisotopic (exact) mass is 279 g/mol. The van der Waals surface area contributed by atoms with Gasteiger partial charge in [0.15, 0.2) is 0 Å². The smallest absolute Gasteiger partial charge is 0.138 e. The first kappa shape index (κ1) is 16.9. The van der Waals surface area contributed by atoms with E-state index in [9.17, 15) is 4.79 Å². The van der Waals surface area contributed by atoms with Crippen molar-refractivity contribution in [1.29, 1.82) is 0 Å². The molecule has 1 aromatic heterocycles. The van der Waals surface area contributed by atoms with Gasteiger partial charge in [-0.3, -0.25) is 9.48 Å². The van der Waals surface area contributed by atoms with E-state index in [-0.39, 0.29) is 5.41 Å². The summed E-state index contributed by atoms with van der Waals surface area (Å²) in [5.41, 5.74) is 7.88. The first-order valence-electron chi connectivity index (χ1n) is 7.69. The van der Waals surface area contributed by atoms with Crippen LogP contribution in [0.4, 0.5) is 0 Å². The molecule has 1 aromatic rings. The van der Waals surface area contributed by atoms with E-state index in [1.54, 1.807) is 0 Å². The third-order valence-corrected chi connectivity index (χ3v) is 3.86. The van der Waals surface area contributed by atoms with E-state index in [1.165, 1.54) is 0 Å². The van der Waals surface area contributed by atoms with Crippen LogP contribution in [0.25, 0.3) is 0 Å². The predicted octanol–water partition coefficient (Wildman–Crippen LogP) is 2.73. The number of nitrogens with two attached hydrogens (primary N) is 1. The second-order valence-electron chi connectivity index (χ2n) is 6.21. The Bertz CT molecular complexity index is 435. The number of nitrogens with zero attached hydrogens (tertiary/aromatic N) is 2. The van der Waals surface area contributed by atoms with Gasteiger partial charge in [-0.2, -0.15) is 5.10 Å². The molecule has 0 saturated carbocycles. The zero-order valence-electron chi connectivity index (χ0n) is 13.4. The molecule has 0 bridgehead atoms. The molecule has 114 valence electrons. The van der Waals surface area contributed by atoms with Gasteiger partial charge in [-0.05, 0) is 44.2 Å². The first-order chi connectivity index (χ1) is 9.41. The summed E-state index contributed by atoms with van der Waals surface area (Å²) in [6.07, 6.45) is 3.91. The van der Waals surface area contributed by atoms with Crippen LogP contribution in [-0.4, -0.2) is 22.1 Å². The van der Waals surface area contributed by atoms with E-state index in [0.717, 1.165) is 37.2 Å². The number of Topliss-reactive ketones (excluding diaryl/α,β-unsaturated/α-hetero) is 1. The Morgan fingerprint density at radius 1 is 1.35 bits per heavy atom. The van der Waals surface area contributed by atoms with Crippen molar-refractivity contribution >= 4 is 5.78 Å². The highest BCUT2D eigenvalue weighted by Gasteiger charge is 2.19. The number of hydrogen-bond acceptors (Lipinski definition) is 3. The maximum atomic E-state index is 12.2. The van der Waals surface area contributed by atoms with Gasteiger partial charge in [-0.25, -0.2) is 0 Å². The lowest BCUT2D eigenvalue weighted by Gasteiger charge is -2.23. The lowest BCUT2D eigenvalue weighted by Crippen LogP contribution is -2.19. The molecule has 20 heavy (non-hydrogen) atoms. The van der Waals surface area contributed by atoms with E-state index >= 15 is 0 Å². The maximum absolute atomic E-state index is 12.2. The fourth-order valence-corrected chi connectivity index (χ4v) is 2.39. The van der Waals surface area contributed by atoms with Crippen molar-refractivity contribution in [2.45, 2.75) is 66.3 Å². The van der Waals surface area contributed by atoms with Gasteiger partial charge in [0.1, 0.15) is 5.78 Å². The molecule has 4 heteroatoms. The molecule has 0 radical (unpaired) electrons. The van der Waals surface area contributed by atoms with Crippen molar-refractivity contribution < 1.29 is 4.79 Å². The van der Waals surface area contributed by atoms with Crippen LogP contribution in [-0.2, 0) is 24.2 Å². The minimum atomic E-state index is 0.157. The van der Waals surface area contributed by atoms with Gasteiger partial charge in [-0.1, -0.05) is 20.8 Å². The summed E-state index contributed by atoms with van der Waals surface area (Å²) in [6, 6.07) is 2.06. The molecule has 0 atom stereocenters. The molecule has 0 aliphatic rings. The summed E-state index contributed by atoms with van der Waals surface area (Å²) in [6.45, 7) is 10.0. The van der Waals surface area contributed by atoms with Crippen LogP contribution in [0.2, 0.25) is 0 Å². The minimum Gasteiger partial charge on any atom is -0.330 e. The number of carbonyl (C=O) groups excluding carboxylic acids is 1. The number of rotatable bonds is 9. The molecule has 0 spiro atoms. The largest absolute Gasteiger partial charge is 0.330 e. The second kappa shape index (κ2) is 7.58. The molecule has 0 saturated heterocycles. The highest BCUT2D eigenvalue weighted by Crippen LogP contribution is 2.26.